The van der Waals surface area contributed by atoms with Gasteiger partial charge < -0.3 is 15.2 Å². The number of carboxylic acid groups (broad SMARTS) is 1. The average molecular weight is 260 g/mol. The molecular weight excluding hydrogens is 248 g/mol. The summed E-state index contributed by atoms with van der Waals surface area (Å²) in [5.41, 5.74) is 0.751. The van der Waals surface area contributed by atoms with Gasteiger partial charge in [0.05, 0.1) is 11.3 Å². The number of ether oxygens (including phenoxy) is 1. The number of anilines is 1. The molecule has 1 aromatic rings. The topological polar surface area (TPSA) is 99.4 Å². The first-order valence-corrected chi connectivity index (χ1v) is 5.80. The van der Waals surface area contributed by atoms with E-state index in [-0.39, 0.29) is 0 Å². The zero-order valence-corrected chi connectivity index (χ0v) is 10.00. The molecule has 0 aliphatic carbocycles. The molecule has 0 saturated carbocycles. The summed E-state index contributed by atoms with van der Waals surface area (Å²) < 4.78 is 5.14. The lowest BCUT2D eigenvalue weighted by molar-refractivity contribution is -0.150. The standard InChI is InChI=1S/C13H12N2O4/c14-7-8-3-1-2-4-9(8)15-12(16)10-5-6-11(19-10)13(17)18/h1-4,10-11H,5-6H2,(H,15,16)(H,17,18)/t10-,11+/m0/s1. The maximum Gasteiger partial charge on any atom is 0.332 e. The smallest absolute Gasteiger partial charge is 0.332 e. The number of nitriles is 1. The minimum Gasteiger partial charge on any atom is -0.479 e. The van der Waals surface area contributed by atoms with E-state index in [0.29, 0.717) is 24.1 Å². The molecule has 2 atom stereocenters. The van der Waals surface area contributed by atoms with Crippen molar-refractivity contribution < 1.29 is 19.4 Å². The van der Waals surface area contributed by atoms with Crippen molar-refractivity contribution >= 4 is 17.6 Å². The highest BCUT2D eigenvalue weighted by atomic mass is 16.5. The van der Waals surface area contributed by atoms with Gasteiger partial charge in [0.1, 0.15) is 12.2 Å². The Hall–Kier alpha value is -2.39. The van der Waals surface area contributed by atoms with Crippen LogP contribution in [0.5, 0.6) is 0 Å². The van der Waals surface area contributed by atoms with Crippen LogP contribution in [0.2, 0.25) is 0 Å². The van der Waals surface area contributed by atoms with Crippen LogP contribution in [0.15, 0.2) is 24.3 Å². The molecule has 1 heterocycles. The Morgan fingerprint density at radius 2 is 2.00 bits per heavy atom. The van der Waals surface area contributed by atoms with E-state index in [1.54, 1.807) is 24.3 Å². The molecule has 6 nitrogen and oxygen atoms in total. The number of hydrogen-bond donors (Lipinski definition) is 2. The highest BCUT2D eigenvalue weighted by Crippen LogP contribution is 2.22. The van der Waals surface area contributed by atoms with Crippen molar-refractivity contribution in [3.63, 3.8) is 0 Å². The molecular formula is C13H12N2O4. The van der Waals surface area contributed by atoms with Gasteiger partial charge in [0, 0.05) is 0 Å². The van der Waals surface area contributed by atoms with Crippen LogP contribution in [-0.2, 0) is 14.3 Å². The summed E-state index contributed by atoms with van der Waals surface area (Å²) in [7, 11) is 0. The van der Waals surface area contributed by atoms with Gasteiger partial charge in [-0.05, 0) is 25.0 Å². The van der Waals surface area contributed by atoms with E-state index < -0.39 is 24.1 Å². The number of carbonyl (C=O) groups is 2. The molecule has 2 rings (SSSR count). The third kappa shape index (κ3) is 2.89. The molecule has 98 valence electrons. The summed E-state index contributed by atoms with van der Waals surface area (Å²) in [6, 6.07) is 8.56. The van der Waals surface area contributed by atoms with Crippen LogP contribution in [0.4, 0.5) is 5.69 Å². The third-order valence-electron chi connectivity index (χ3n) is 2.89. The molecule has 1 amide bonds. The highest BCUT2D eigenvalue weighted by Gasteiger charge is 2.34. The van der Waals surface area contributed by atoms with E-state index in [4.69, 9.17) is 15.1 Å². The quantitative estimate of drug-likeness (QED) is 0.848. The van der Waals surface area contributed by atoms with Crippen LogP contribution in [-0.4, -0.2) is 29.2 Å². The molecule has 0 bridgehead atoms. The van der Waals surface area contributed by atoms with Gasteiger partial charge in [-0.2, -0.15) is 5.26 Å². The van der Waals surface area contributed by atoms with E-state index in [0.717, 1.165) is 0 Å². The fourth-order valence-electron chi connectivity index (χ4n) is 1.91. The van der Waals surface area contributed by atoms with E-state index >= 15 is 0 Å². The van der Waals surface area contributed by atoms with Crippen LogP contribution < -0.4 is 5.32 Å². The number of carboxylic acids is 1. The molecule has 0 spiro atoms. The zero-order valence-electron chi connectivity index (χ0n) is 10.00. The Morgan fingerprint density at radius 1 is 1.32 bits per heavy atom. The van der Waals surface area contributed by atoms with Crippen LogP contribution >= 0.6 is 0 Å². The SMILES string of the molecule is N#Cc1ccccc1NC(=O)[C@@H]1CC[C@H](C(=O)O)O1. The minimum absolute atomic E-state index is 0.313. The van der Waals surface area contributed by atoms with Crippen molar-refractivity contribution in [2.45, 2.75) is 25.0 Å². The van der Waals surface area contributed by atoms with Crippen molar-refractivity contribution in [1.82, 2.24) is 0 Å². The molecule has 1 fully saturated rings. The molecule has 1 aliphatic rings. The number of rotatable bonds is 3. The first-order chi connectivity index (χ1) is 9.11. The molecule has 6 heteroatoms. The normalized spacial score (nSPS) is 21.6. The van der Waals surface area contributed by atoms with Crippen molar-refractivity contribution in [1.29, 1.82) is 5.26 Å². The number of para-hydroxylation sites is 1. The predicted molar refractivity (Wildman–Crippen MR) is 65.3 cm³/mol. The summed E-state index contributed by atoms with van der Waals surface area (Å²) in [5.74, 6) is -1.49. The minimum atomic E-state index is -1.06. The maximum atomic E-state index is 11.9. The Morgan fingerprint density at radius 3 is 2.63 bits per heavy atom. The van der Waals surface area contributed by atoms with E-state index in [1.807, 2.05) is 6.07 Å². The largest absolute Gasteiger partial charge is 0.479 e. The zero-order chi connectivity index (χ0) is 13.8. The second kappa shape index (κ2) is 5.50. The lowest BCUT2D eigenvalue weighted by atomic mass is 10.1. The Labute approximate surface area is 109 Å². The lowest BCUT2D eigenvalue weighted by Crippen LogP contribution is -2.30. The predicted octanol–water partition coefficient (Wildman–Crippen LogP) is 1.13. The molecule has 1 aromatic carbocycles. The van der Waals surface area contributed by atoms with Gasteiger partial charge in [0.2, 0.25) is 0 Å². The van der Waals surface area contributed by atoms with Gasteiger partial charge in [-0.25, -0.2) is 4.79 Å². The third-order valence-corrected chi connectivity index (χ3v) is 2.89. The molecule has 1 saturated heterocycles. The van der Waals surface area contributed by atoms with Gasteiger partial charge in [-0.1, -0.05) is 12.1 Å². The first-order valence-electron chi connectivity index (χ1n) is 5.80. The molecule has 2 N–H and O–H groups in total. The van der Waals surface area contributed by atoms with Crippen molar-refractivity contribution in [3.8, 4) is 6.07 Å². The van der Waals surface area contributed by atoms with E-state index in [2.05, 4.69) is 5.32 Å². The van der Waals surface area contributed by atoms with Crippen molar-refractivity contribution in [2.75, 3.05) is 5.32 Å². The van der Waals surface area contributed by atoms with Crippen LogP contribution in [0, 0.1) is 11.3 Å². The van der Waals surface area contributed by atoms with E-state index in [9.17, 15) is 9.59 Å². The van der Waals surface area contributed by atoms with Gasteiger partial charge in [-0.15, -0.1) is 0 Å². The number of hydrogen-bond acceptors (Lipinski definition) is 4. The second-order valence-electron chi connectivity index (χ2n) is 4.18. The molecule has 1 aliphatic heterocycles. The molecule has 0 unspecified atom stereocenters. The Balaban J connectivity index is 2.03. The number of nitrogens with zero attached hydrogens (tertiary/aromatic N) is 1. The number of amides is 1. The maximum absolute atomic E-state index is 11.9. The fraction of sp³-hybridized carbons (Fsp3) is 0.308. The monoisotopic (exact) mass is 260 g/mol. The van der Waals surface area contributed by atoms with E-state index in [1.165, 1.54) is 0 Å². The second-order valence-corrected chi connectivity index (χ2v) is 4.18. The van der Waals surface area contributed by atoms with Crippen LogP contribution in [0.1, 0.15) is 18.4 Å². The molecule has 19 heavy (non-hydrogen) atoms. The van der Waals surface area contributed by atoms with Gasteiger partial charge in [-0.3, -0.25) is 4.79 Å². The molecule has 0 aromatic heterocycles. The van der Waals surface area contributed by atoms with Crippen molar-refractivity contribution in [3.05, 3.63) is 29.8 Å². The van der Waals surface area contributed by atoms with Crippen LogP contribution in [0.25, 0.3) is 0 Å². The highest BCUT2D eigenvalue weighted by molar-refractivity contribution is 5.95. The van der Waals surface area contributed by atoms with Crippen molar-refractivity contribution in [2.24, 2.45) is 0 Å². The summed E-state index contributed by atoms with van der Waals surface area (Å²) in [6.45, 7) is 0. The van der Waals surface area contributed by atoms with Crippen LogP contribution in [0.3, 0.4) is 0 Å². The molecule has 0 radical (unpaired) electrons. The number of benzene rings is 1. The first kappa shape index (κ1) is 13.1. The Kier molecular flexibility index (Phi) is 3.78. The fourth-order valence-corrected chi connectivity index (χ4v) is 1.91. The van der Waals surface area contributed by atoms with Gasteiger partial charge in [0.15, 0.2) is 6.10 Å². The number of carbonyl (C=O) groups excluding carboxylic acids is 1. The van der Waals surface area contributed by atoms with Gasteiger partial charge >= 0.3 is 5.97 Å². The average Bonchev–Trinajstić information content (AvgIpc) is 2.89. The summed E-state index contributed by atoms with van der Waals surface area (Å²) in [6.07, 6.45) is -1.04. The Bertz CT molecular complexity index is 550. The van der Waals surface area contributed by atoms with Gasteiger partial charge in [0.25, 0.3) is 5.91 Å². The summed E-state index contributed by atoms with van der Waals surface area (Å²) >= 11 is 0. The summed E-state index contributed by atoms with van der Waals surface area (Å²) in [4.78, 5) is 22.6. The number of aliphatic carboxylic acids is 1. The number of nitrogens with one attached hydrogen (secondary N) is 1. The summed E-state index contributed by atoms with van der Waals surface area (Å²) in [5, 5.41) is 20.3. The lowest BCUT2D eigenvalue weighted by Gasteiger charge is -2.12.